The molecule has 0 bridgehead atoms. The third-order valence-electron chi connectivity index (χ3n) is 3.15. The van der Waals surface area contributed by atoms with Gasteiger partial charge in [-0.2, -0.15) is 0 Å². The van der Waals surface area contributed by atoms with E-state index in [9.17, 15) is 4.79 Å². The molecule has 0 radical (unpaired) electrons. The second kappa shape index (κ2) is 4.28. The maximum Gasteiger partial charge on any atom is 0.169 e. The first-order chi connectivity index (χ1) is 7.63. The van der Waals surface area contributed by atoms with Crippen LogP contribution in [0.15, 0.2) is 18.2 Å². The molecule has 1 saturated carbocycles. The van der Waals surface area contributed by atoms with Crippen molar-refractivity contribution >= 4 is 5.78 Å². The summed E-state index contributed by atoms with van der Waals surface area (Å²) in [7, 11) is 0. The third kappa shape index (κ3) is 2.11. The number of Topliss-reactive ketones (excluding diaryl/α,β-unsaturated/α-hetero) is 1. The van der Waals surface area contributed by atoms with Crippen molar-refractivity contribution in [3.8, 4) is 5.75 Å². The summed E-state index contributed by atoms with van der Waals surface area (Å²) >= 11 is 0. The van der Waals surface area contributed by atoms with Gasteiger partial charge >= 0.3 is 0 Å². The molecule has 1 aliphatic rings. The molecule has 1 aromatic rings. The van der Waals surface area contributed by atoms with Crippen LogP contribution in [0.2, 0.25) is 0 Å². The maximum atomic E-state index is 12.2. The molecule has 2 nitrogen and oxygen atoms in total. The van der Waals surface area contributed by atoms with E-state index in [0.717, 1.165) is 23.3 Å². The van der Waals surface area contributed by atoms with E-state index in [0.29, 0.717) is 12.5 Å². The van der Waals surface area contributed by atoms with Crippen LogP contribution in [0.1, 0.15) is 36.2 Å². The van der Waals surface area contributed by atoms with Crippen LogP contribution in [0.3, 0.4) is 0 Å². The molecule has 0 spiro atoms. The van der Waals surface area contributed by atoms with Crippen molar-refractivity contribution in [2.24, 2.45) is 11.8 Å². The van der Waals surface area contributed by atoms with Crippen molar-refractivity contribution in [2.75, 3.05) is 6.61 Å². The Bertz CT molecular complexity index is 409. The van der Waals surface area contributed by atoms with E-state index in [1.165, 1.54) is 0 Å². The minimum atomic E-state index is 0.223. The fourth-order valence-corrected chi connectivity index (χ4v) is 2.00. The van der Waals surface area contributed by atoms with Gasteiger partial charge in [0.2, 0.25) is 0 Å². The Labute approximate surface area is 96.6 Å². The number of ether oxygens (including phenoxy) is 1. The highest BCUT2D eigenvalue weighted by atomic mass is 16.5. The number of ketones is 1. The van der Waals surface area contributed by atoms with Gasteiger partial charge in [-0.05, 0) is 38.3 Å². The highest BCUT2D eigenvalue weighted by Gasteiger charge is 2.40. The summed E-state index contributed by atoms with van der Waals surface area (Å²) in [6, 6.07) is 5.83. The summed E-state index contributed by atoms with van der Waals surface area (Å²) in [4.78, 5) is 12.2. The summed E-state index contributed by atoms with van der Waals surface area (Å²) in [6.45, 7) is 6.67. The van der Waals surface area contributed by atoms with Crippen LogP contribution in [-0.4, -0.2) is 12.4 Å². The number of hydrogen-bond acceptors (Lipinski definition) is 2. The topological polar surface area (TPSA) is 26.3 Å². The van der Waals surface area contributed by atoms with Crippen molar-refractivity contribution in [3.05, 3.63) is 29.3 Å². The van der Waals surface area contributed by atoms with E-state index in [2.05, 4.69) is 6.92 Å². The van der Waals surface area contributed by atoms with Crippen LogP contribution < -0.4 is 4.74 Å². The summed E-state index contributed by atoms with van der Waals surface area (Å²) < 4.78 is 5.51. The lowest BCUT2D eigenvalue weighted by atomic mass is 10.0. The van der Waals surface area contributed by atoms with E-state index < -0.39 is 0 Å². The average Bonchev–Trinajstić information content (AvgIpc) is 2.97. The Balaban J connectivity index is 2.29. The predicted molar refractivity (Wildman–Crippen MR) is 63.9 cm³/mol. The van der Waals surface area contributed by atoms with Gasteiger partial charge < -0.3 is 4.74 Å². The molecule has 0 saturated heterocycles. The Morgan fingerprint density at radius 3 is 2.75 bits per heavy atom. The largest absolute Gasteiger partial charge is 0.493 e. The average molecular weight is 218 g/mol. The number of aryl methyl sites for hydroxylation is 1. The van der Waals surface area contributed by atoms with Gasteiger partial charge in [0.15, 0.2) is 5.78 Å². The summed E-state index contributed by atoms with van der Waals surface area (Å²) in [5, 5.41) is 0. The highest BCUT2D eigenvalue weighted by Crippen LogP contribution is 2.41. The van der Waals surface area contributed by atoms with Gasteiger partial charge in [-0.15, -0.1) is 0 Å². The Kier molecular flexibility index (Phi) is 2.99. The lowest BCUT2D eigenvalue weighted by Crippen LogP contribution is -2.07. The van der Waals surface area contributed by atoms with Crippen molar-refractivity contribution < 1.29 is 9.53 Å². The molecule has 0 heterocycles. The van der Waals surface area contributed by atoms with Crippen LogP contribution in [-0.2, 0) is 0 Å². The van der Waals surface area contributed by atoms with E-state index in [4.69, 9.17) is 4.74 Å². The van der Waals surface area contributed by atoms with Gasteiger partial charge in [-0.3, -0.25) is 4.79 Å². The quantitative estimate of drug-likeness (QED) is 0.725. The zero-order chi connectivity index (χ0) is 11.7. The van der Waals surface area contributed by atoms with E-state index in [1.807, 2.05) is 32.0 Å². The molecule has 2 unspecified atom stereocenters. The summed E-state index contributed by atoms with van der Waals surface area (Å²) in [6.07, 6.45) is 1.03. The van der Waals surface area contributed by atoms with Gasteiger partial charge in [0.1, 0.15) is 5.75 Å². The molecule has 1 aliphatic carbocycles. The molecule has 0 amide bonds. The molecule has 2 atom stereocenters. The number of carbonyl (C=O) groups is 1. The molecule has 0 aliphatic heterocycles. The van der Waals surface area contributed by atoms with E-state index in [-0.39, 0.29) is 11.7 Å². The lowest BCUT2D eigenvalue weighted by molar-refractivity contribution is 0.0958. The molecular formula is C14H18O2. The van der Waals surface area contributed by atoms with Crippen LogP contribution >= 0.6 is 0 Å². The molecule has 1 aromatic carbocycles. The van der Waals surface area contributed by atoms with E-state index in [1.54, 1.807) is 0 Å². The molecular weight excluding hydrogens is 200 g/mol. The number of rotatable bonds is 4. The van der Waals surface area contributed by atoms with Crippen molar-refractivity contribution in [1.29, 1.82) is 0 Å². The Morgan fingerprint density at radius 2 is 2.19 bits per heavy atom. The first kappa shape index (κ1) is 11.2. The lowest BCUT2D eigenvalue weighted by Gasteiger charge is -2.10. The van der Waals surface area contributed by atoms with E-state index >= 15 is 0 Å². The molecule has 0 N–H and O–H groups in total. The number of hydrogen-bond donors (Lipinski definition) is 0. The zero-order valence-electron chi connectivity index (χ0n) is 10.1. The smallest absolute Gasteiger partial charge is 0.169 e. The first-order valence-corrected chi connectivity index (χ1v) is 5.91. The minimum absolute atomic E-state index is 0.223. The first-order valence-electron chi connectivity index (χ1n) is 5.91. The second-order valence-corrected chi connectivity index (χ2v) is 4.62. The molecule has 16 heavy (non-hydrogen) atoms. The van der Waals surface area contributed by atoms with Crippen LogP contribution in [0, 0.1) is 18.8 Å². The maximum absolute atomic E-state index is 12.2. The van der Waals surface area contributed by atoms with Gasteiger partial charge in [0.25, 0.3) is 0 Å². The Morgan fingerprint density at radius 1 is 1.50 bits per heavy atom. The predicted octanol–water partition coefficient (Wildman–Crippen LogP) is 3.23. The highest BCUT2D eigenvalue weighted by molar-refractivity contribution is 6.02. The molecule has 86 valence electrons. The fraction of sp³-hybridized carbons (Fsp3) is 0.500. The minimum Gasteiger partial charge on any atom is -0.493 e. The molecule has 0 aromatic heterocycles. The summed E-state index contributed by atoms with van der Waals surface area (Å²) in [5.41, 5.74) is 1.87. The Hall–Kier alpha value is -1.31. The standard InChI is InChI=1S/C14H18O2/c1-4-16-13-6-5-9(2)7-12(13)14(15)11-8-10(11)3/h5-7,10-11H,4,8H2,1-3H3. The fourth-order valence-electron chi connectivity index (χ4n) is 2.00. The molecule has 2 rings (SSSR count). The summed E-state index contributed by atoms with van der Waals surface area (Å²) in [5.74, 6) is 1.75. The zero-order valence-corrected chi connectivity index (χ0v) is 10.1. The van der Waals surface area contributed by atoms with Crippen molar-refractivity contribution in [2.45, 2.75) is 27.2 Å². The second-order valence-electron chi connectivity index (χ2n) is 4.62. The SMILES string of the molecule is CCOc1ccc(C)cc1C(=O)C1CC1C. The van der Waals surface area contributed by atoms with Gasteiger partial charge in [0, 0.05) is 5.92 Å². The molecule has 2 heteroatoms. The monoisotopic (exact) mass is 218 g/mol. The van der Waals surface area contributed by atoms with Crippen molar-refractivity contribution in [1.82, 2.24) is 0 Å². The van der Waals surface area contributed by atoms with Gasteiger partial charge in [-0.25, -0.2) is 0 Å². The van der Waals surface area contributed by atoms with Crippen LogP contribution in [0.25, 0.3) is 0 Å². The third-order valence-corrected chi connectivity index (χ3v) is 3.15. The normalized spacial score (nSPS) is 22.9. The molecule has 1 fully saturated rings. The van der Waals surface area contributed by atoms with Crippen molar-refractivity contribution in [3.63, 3.8) is 0 Å². The van der Waals surface area contributed by atoms with Gasteiger partial charge in [-0.1, -0.05) is 18.6 Å². The van der Waals surface area contributed by atoms with Crippen LogP contribution in [0.4, 0.5) is 0 Å². The van der Waals surface area contributed by atoms with Crippen LogP contribution in [0.5, 0.6) is 5.75 Å². The number of benzene rings is 1. The van der Waals surface area contributed by atoms with Gasteiger partial charge in [0.05, 0.1) is 12.2 Å². The number of carbonyl (C=O) groups excluding carboxylic acids is 1.